The van der Waals surface area contributed by atoms with Crippen molar-refractivity contribution >= 4 is 65.1 Å². The van der Waals surface area contributed by atoms with E-state index >= 15 is 0 Å². The highest BCUT2D eigenvalue weighted by molar-refractivity contribution is 7.99. The summed E-state index contributed by atoms with van der Waals surface area (Å²) in [7, 11) is 2.98. The van der Waals surface area contributed by atoms with Crippen LogP contribution in [-0.2, 0) is 55.9 Å². The number of methoxy groups -OCH3 is 2. The number of hydrogen-bond acceptors (Lipinski definition) is 26. The van der Waals surface area contributed by atoms with Crippen molar-refractivity contribution in [3.63, 3.8) is 0 Å². The van der Waals surface area contributed by atoms with Crippen molar-refractivity contribution in [1.29, 1.82) is 10.5 Å². The lowest BCUT2D eigenvalue weighted by atomic mass is 9.71. The molecule has 4 saturated heterocycles. The van der Waals surface area contributed by atoms with E-state index in [1.165, 1.54) is 72.4 Å². The van der Waals surface area contributed by atoms with Gasteiger partial charge in [0.25, 0.3) is 0 Å². The van der Waals surface area contributed by atoms with Crippen LogP contribution in [0, 0.1) is 50.4 Å². The zero-order valence-corrected chi connectivity index (χ0v) is 55.4. The van der Waals surface area contributed by atoms with Gasteiger partial charge in [-0.3, -0.25) is 33.8 Å². The Bertz CT molecular complexity index is 4100. The Labute approximate surface area is 554 Å². The minimum atomic E-state index is -1.02. The lowest BCUT2D eigenvalue weighted by Gasteiger charge is -2.62. The van der Waals surface area contributed by atoms with E-state index in [4.69, 9.17) is 47.4 Å². The first kappa shape index (κ1) is 64.8. The molecule has 14 rings (SSSR count). The van der Waals surface area contributed by atoms with Gasteiger partial charge in [0, 0.05) is 103 Å². The van der Waals surface area contributed by atoms with Crippen LogP contribution < -0.4 is 53.8 Å². The zero-order chi connectivity index (χ0) is 67.6. The lowest BCUT2D eigenvalue weighted by molar-refractivity contribution is -0.158. The molecule has 29 heteroatoms. The number of nitrogens with one attached hydrogen (secondary N) is 3. The highest BCUT2D eigenvalue weighted by Crippen LogP contribution is 2.66. The lowest BCUT2D eigenvalue weighted by Crippen LogP contribution is -2.70. The molecule has 0 aliphatic carbocycles. The van der Waals surface area contributed by atoms with E-state index in [2.05, 4.69) is 33.0 Å². The fourth-order valence-corrected chi connectivity index (χ4v) is 19.4. The van der Waals surface area contributed by atoms with Gasteiger partial charge >= 0.3 is 23.9 Å². The standard InChI is InChI=1S/C34H36N4O10S.C32H34N4O9S/c1-13-7-18-8-20-21(9-35)38-22-10-45-34(43)19(36-15(3)39)11-49-33(27(38)26(37(20)16(4)40)23(18)28(42)29(13)44-6)25-24(22)32-31(46-12-47-32)14(2)30(25)48-17(5)41;1-12-6-16-7-17-19(8-33)36-20-9-42-32(40)18(34-14(3)37)10-46-31(25(36)24(35-17)21(16)26(39)27(12)41-5)23-22(20)30-29(43-11-44-30)13(2)28(23)45-15(4)38/h7,19-22,26-27,33,42H,8,10-12H2,1-6H3,(H,36,39);6,17-20,24-25,31,35,39H,7,9-11H2,1-5H3,(H,34,37)/t19?,20-,21-,22-,26+,27?,33+;17-,18?,19-,20-,24+,25?,31+/m00/s1. The van der Waals surface area contributed by atoms with Crippen molar-refractivity contribution in [1.82, 2.24) is 30.7 Å². The molecule has 27 nitrogen and oxygen atoms in total. The molecule has 4 aromatic carbocycles. The highest BCUT2D eigenvalue weighted by atomic mass is 32.2. The normalized spacial score (nSPS) is 28.4. The molecular formula is C66H70N8O19S2. The Morgan fingerprint density at radius 1 is 0.600 bits per heavy atom. The third kappa shape index (κ3) is 10.3. The SMILES string of the molecule is COc1c(C)cc2c(c1O)[C@@H]1C3[C@@H]4SCC(NC(C)=O)C(=O)OC[C@@H](c5c6c(c(C)c(OC(C)=O)c54)OCO6)N3[C@@H](C#N)[C@H](C2)N1C(C)=O.COc1c(C)cc2c(c1O)[C@H]1N[C@@H](C2)[C@H](C#N)N2C1[C@@H]1SCC(NC(C)=O)C(=O)OC[C@H]2c2c3c(c(C)c(OC(C)=O)c21)OCO3. The van der Waals surface area contributed by atoms with Crippen LogP contribution in [0.2, 0.25) is 0 Å². The molecule has 0 aromatic heterocycles. The van der Waals surface area contributed by atoms with Crippen molar-refractivity contribution in [3.05, 3.63) is 78.9 Å². The number of thioether (sulfide) groups is 2. The Morgan fingerprint density at radius 2 is 1.05 bits per heavy atom. The number of nitrogens with zero attached hydrogens (tertiary/aromatic N) is 5. The minimum Gasteiger partial charge on any atom is -0.504 e. The molecule has 10 aliphatic heterocycles. The summed E-state index contributed by atoms with van der Waals surface area (Å²) in [5.74, 6) is -0.537. The third-order valence-corrected chi connectivity index (χ3v) is 22.4. The minimum absolute atomic E-state index is 0.0200. The van der Waals surface area contributed by atoms with Gasteiger partial charge < -0.3 is 78.4 Å². The van der Waals surface area contributed by atoms with E-state index in [9.17, 15) is 54.3 Å². The van der Waals surface area contributed by atoms with Crippen LogP contribution >= 0.6 is 23.5 Å². The number of benzene rings is 4. The van der Waals surface area contributed by atoms with Crippen LogP contribution in [-0.4, -0.2) is 167 Å². The molecule has 4 fully saturated rings. The molecule has 10 aliphatic rings. The van der Waals surface area contributed by atoms with E-state index in [0.717, 1.165) is 16.7 Å². The van der Waals surface area contributed by atoms with Crippen molar-refractivity contribution in [3.8, 4) is 69.6 Å². The van der Waals surface area contributed by atoms with Crippen molar-refractivity contribution in [2.75, 3.05) is 52.5 Å². The first-order chi connectivity index (χ1) is 45.4. The van der Waals surface area contributed by atoms with Crippen LogP contribution in [0.25, 0.3) is 0 Å². The maximum Gasteiger partial charge on any atom is 0.329 e. The Hall–Kier alpha value is -8.87. The number of phenols is 2. The molecule has 0 spiro atoms. The number of carbonyl (C=O) groups excluding carboxylic acids is 7. The summed E-state index contributed by atoms with van der Waals surface area (Å²) in [6.07, 6.45) is 0.745. The first-order valence-electron chi connectivity index (χ1n) is 31.0. The quantitative estimate of drug-likeness (QED) is 0.125. The molecule has 500 valence electrons. The molecule has 95 heavy (non-hydrogen) atoms. The number of rotatable bonds is 6. The molecule has 4 aromatic rings. The highest BCUT2D eigenvalue weighted by Gasteiger charge is 2.63. The average Bonchev–Trinajstić information content (AvgIpc) is 1.33. The molecule has 8 bridgehead atoms. The van der Waals surface area contributed by atoms with Crippen molar-refractivity contribution in [2.24, 2.45) is 0 Å². The number of carbonyl (C=O) groups is 7. The molecule has 4 unspecified atom stereocenters. The number of hydrogen-bond donors (Lipinski definition) is 5. The fourth-order valence-electron chi connectivity index (χ4n) is 16.4. The smallest absolute Gasteiger partial charge is 0.329 e. The number of piperazine rings is 2. The summed E-state index contributed by atoms with van der Waals surface area (Å²) in [5, 5.41) is 53.1. The number of phenolic OH excluding ortho intramolecular Hbond substituents is 2. The van der Waals surface area contributed by atoms with Crippen molar-refractivity contribution < 1.29 is 91.1 Å². The third-order valence-electron chi connectivity index (χ3n) is 19.6. The van der Waals surface area contributed by atoms with Crippen LogP contribution in [0.15, 0.2) is 12.1 Å². The zero-order valence-electron chi connectivity index (χ0n) is 53.8. The fraction of sp³-hybridized carbons (Fsp3) is 0.500. The van der Waals surface area contributed by atoms with Gasteiger partial charge in [0.05, 0.1) is 73.1 Å². The summed E-state index contributed by atoms with van der Waals surface area (Å²) in [4.78, 5) is 95.8. The number of aryl methyl sites for hydroxylation is 2. The molecule has 14 atom stereocenters. The van der Waals surface area contributed by atoms with Gasteiger partial charge in [-0.05, 0) is 62.8 Å². The molecule has 5 N–H and O–H groups in total. The van der Waals surface area contributed by atoms with E-state index < -0.39 is 107 Å². The summed E-state index contributed by atoms with van der Waals surface area (Å²) < 4.78 is 58.9. The number of cyclic esters (lactones) is 2. The predicted molar refractivity (Wildman–Crippen MR) is 335 cm³/mol. The predicted octanol–water partition coefficient (Wildman–Crippen LogP) is 5.05. The van der Waals surface area contributed by atoms with E-state index in [-0.39, 0.29) is 85.6 Å². The monoisotopic (exact) mass is 1340 g/mol. The van der Waals surface area contributed by atoms with Gasteiger partial charge in [-0.15, -0.1) is 23.5 Å². The number of nitriles is 2. The maximum absolute atomic E-state index is 13.7. The van der Waals surface area contributed by atoms with E-state index in [1.54, 1.807) is 18.7 Å². The second-order valence-corrected chi connectivity index (χ2v) is 27.5. The van der Waals surface area contributed by atoms with Crippen molar-refractivity contribution in [2.45, 2.75) is 158 Å². The number of fused-ring (bicyclic) bond motifs is 18. The topological polar surface area (TPSA) is 346 Å². The molecular weight excluding hydrogens is 1270 g/mol. The largest absolute Gasteiger partial charge is 0.504 e. The Balaban J connectivity index is 0.000000172. The van der Waals surface area contributed by atoms with Gasteiger partial charge in [-0.2, -0.15) is 10.5 Å². The second kappa shape index (κ2) is 24.7. The summed E-state index contributed by atoms with van der Waals surface area (Å²) in [6, 6.07) is 0.266. The van der Waals surface area contributed by atoms with Crippen LogP contribution in [0.3, 0.4) is 0 Å². The van der Waals surface area contributed by atoms with E-state index in [1.807, 2.05) is 30.9 Å². The molecule has 3 amide bonds. The summed E-state index contributed by atoms with van der Waals surface area (Å²) in [5.41, 5.74) is 7.83. The van der Waals surface area contributed by atoms with Gasteiger partial charge in [-0.25, -0.2) is 9.59 Å². The van der Waals surface area contributed by atoms with Crippen LogP contribution in [0.4, 0.5) is 0 Å². The Kier molecular flexibility index (Phi) is 16.9. The van der Waals surface area contributed by atoms with Gasteiger partial charge in [-0.1, -0.05) is 12.1 Å². The van der Waals surface area contributed by atoms with Crippen LogP contribution in [0.1, 0.15) is 136 Å². The number of ether oxygens (including phenoxy) is 10. The summed E-state index contributed by atoms with van der Waals surface area (Å²) in [6.45, 7) is 13.4. The number of amides is 3. The van der Waals surface area contributed by atoms with Gasteiger partial charge in [0.1, 0.15) is 48.9 Å². The van der Waals surface area contributed by atoms with Crippen LogP contribution in [0.5, 0.6) is 57.5 Å². The van der Waals surface area contributed by atoms with E-state index in [0.29, 0.717) is 91.0 Å². The average molecular weight is 1340 g/mol. The Morgan fingerprint density at radius 3 is 1.51 bits per heavy atom. The molecule has 10 heterocycles. The second-order valence-electron chi connectivity index (χ2n) is 25.1. The molecule has 0 saturated carbocycles. The number of esters is 4. The van der Waals surface area contributed by atoms with Gasteiger partial charge in [0.2, 0.25) is 31.3 Å². The summed E-state index contributed by atoms with van der Waals surface area (Å²) >= 11 is 2.67. The van der Waals surface area contributed by atoms with Gasteiger partial charge in [0.15, 0.2) is 46.0 Å². The molecule has 0 radical (unpaired) electrons. The maximum atomic E-state index is 13.7. The first-order valence-corrected chi connectivity index (χ1v) is 33.1. The number of aromatic hydroxyl groups is 2.